The predicted octanol–water partition coefficient (Wildman–Crippen LogP) is 2.73. The topological polar surface area (TPSA) is 37.3 Å². The molecule has 0 aliphatic rings. The van der Waals surface area contributed by atoms with Gasteiger partial charge in [-0.25, -0.2) is 0 Å². The molecular formula is C12H16O2. The van der Waals surface area contributed by atoms with E-state index in [2.05, 4.69) is 19.1 Å². The lowest BCUT2D eigenvalue weighted by Crippen LogP contribution is -2.03. The Bertz CT molecular complexity index is 280. The molecule has 0 fully saturated rings. The van der Waals surface area contributed by atoms with E-state index in [1.807, 2.05) is 18.2 Å². The Hall–Kier alpha value is -1.31. The summed E-state index contributed by atoms with van der Waals surface area (Å²) in [6.07, 6.45) is 1.99. The number of rotatable bonds is 5. The van der Waals surface area contributed by atoms with Crippen molar-refractivity contribution in [1.29, 1.82) is 0 Å². The number of hydrogen-bond donors (Lipinski definition) is 1. The number of aliphatic carboxylic acids is 1. The van der Waals surface area contributed by atoms with Gasteiger partial charge in [0.25, 0.3) is 0 Å². The van der Waals surface area contributed by atoms with Gasteiger partial charge in [0.2, 0.25) is 0 Å². The van der Waals surface area contributed by atoms with Gasteiger partial charge in [-0.3, -0.25) is 4.79 Å². The highest BCUT2D eigenvalue weighted by Gasteiger charge is 2.05. The second-order valence-corrected chi connectivity index (χ2v) is 3.73. The van der Waals surface area contributed by atoms with Crippen LogP contribution in [0.3, 0.4) is 0 Å². The summed E-state index contributed by atoms with van der Waals surface area (Å²) in [7, 11) is 0. The van der Waals surface area contributed by atoms with E-state index in [1.165, 1.54) is 5.56 Å². The van der Waals surface area contributed by atoms with Gasteiger partial charge in [0, 0.05) is 6.42 Å². The molecule has 0 amide bonds. The zero-order chi connectivity index (χ0) is 10.4. The maximum Gasteiger partial charge on any atom is 0.303 e. The minimum atomic E-state index is -0.704. The minimum absolute atomic E-state index is 0.272. The van der Waals surface area contributed by atoms with Crippen molar-refractivity contribution in [2.75, 3.05) is 0 Å². The van der Waals surface area contributed by atoms with Crippen molar-refractivity contribution in [3.05, 3.63) is 35.9 Å². The van der Waals surface area contributed by atoms with E-state index in [-0.39, 0.29) is 6.42 Å². The lowest BCUT2D eigenvalue weighted by atomic mass is 9.97. The third-order valence-electron chi connectivity index (χ3n) is 2.28. The number of carboxylic acids is 1. The van der Waals surface area contributed by atoms with E-state index in [1.54, 1.807) is 0 Å². The van der Waals surface area contributed by atoms with Crippen molar-refractivity contribution >= 4 is 5.97 Å². The van der Waals surface area contributed by atoms with Gasteiger partial charge in [0.15, 0.2) is 0 Å². The van der Waals surface area contributed by atoms with Crippen molar-refractivity contribution in [3.63, 3.8) is 0 Å². The summed E-state index contributed by atoms with van der Waals surface area (Å²) < 4.78 is 0. The summed E-state index contributed by atoms with van der Waals surface area (Å²) in [6, 6.07) is 10.2. The van der Waals surface area contributed by atoms with Crippen molar-refractivity contribution in [2.24, 2.45) is 5.92 Å². The summed E-state index contributed by atoms with van der Waals surface area (Å²) in [5, 5.41) is 8.53. The molecule has 0 spiro atoms. The molecule has 1 N–H and O–H groups in total. The zero-order valence-electron chi connectivity index (χ0n) is 8.44. The van der Waals surface area contributed by atoms with Crippen LogP contribution in [0.2, 0.25) is 0 Å². The molecular weight excluding hydrogens is 176 g/mol. The Morgan fingerprint density at radius 3 is 2.57 bits per heavy atom. The SMILES string of the molecule is C[C@H](CCC(=O)O)Cc1ccccc1. The fourth-order valence-electron chi connectivity index (χ4n) is 1.49. The Kier molecular flexibility index (Phi) is 4.17. The van der Waals surface area contributed by atoms with Gasteiger partial charge in [-0.1, -0.05) is 37.3 Å². The first-order chi connectivity index (χ1) is 6.68. The Morgan fingerprint density at radius 2 is 2.00 bits per heavy atom. The van der Waals surface area contributed by atoms with Crippen LogP contribution in [0.15, 0.2) is 30.3 Å². The van der Waals surface area contributed by atoms with E-state index in [0.29, 0.717) is 5.92 Å². The van der Waals surface area contributed by atoms with Crippen molar-refractivity contribution in [2.45, 2.75) is 26.2 Å². The minimum Gasteiger partial charge on any atom is -0.481 e. The summed E-state index contributed by atoms with van der Waals surface area (Å²) in [5.41, 5.74) is 1.28. The molecule has 0 radical (unpaired) electrons. The van der Waals surface area contributed by atoms with Gasteiger partial charge in [0.05, 0.1) is 0 Å². The maximum absolute atomic E-state index is 10.4. The molecule has 2 nitrogen and oxygen atoms in total. The number of hydrogen-bond acceptors (Lipinski definition) is 1. The highest BCUT2D eigenvalue weighted by molar-refractivity contribution is 5.66. The summed E-state index contributed by atoms with van der Waals surface area (Å²) in [5.74, 6) is -0.265. The van der Waals surface area contributed by atoms with Crippen molar-refractivity contribution in [1.82, 2.24) is 0 Å². The largest absolute Gasteiger partial charge is 0.481 e. The maximum atomic E-state index is 10.4. The van der Waals surface area contributed by atoms with Gasteiger partial charge < -0.3 is 5.11 Å². The van der Waals surface area contributed by atoms with Crippen molar-refractivity contribution in [3.8, 4) is 0 Å². The smallest absolute Gasteiger partial charge is 0.303 e. The molecule has 1 rings (SSSR count). The van der Waals surface area contributed by atoms with Crippen LogP contribution in [0, 0.1) is 5.92 Å². The second-order valence-electron chi connectivity index (χ2n) is 3.73. The molecule has 0 aromatic heterocycles. The third kappa shape index (κ3) is 4.08. The van der Waals surface area contributed by atoms with Crippen LogP contribution >= 0.6 is 0 Å². The lowest BCUT2D eigenvalue weighted by Gasteiger charge is -2.09. The quantitative estimate of drug-likeness (QED) is 0.778. The Labute approximate surface area is 84.6 Å². The molecule has 1 aromatic carbocycles. The van der Waals surface area contributed by atoms with Gasteiger partial charge in [-0.15, -0.1) is 0 Å². The second kappa shape index (κ2) is 5.43. The summed E-state index contributed by atoms with van der Waals surface area (Å²) in [6.45, 7) is 2.09. The van der Waals surface area contributed by atoms with Crippen LogP contribution in [-0.2, 0) is 11.2 Å². The molecule has 2 heteroatoms. The van der Waals surface area contributed by atoms with Crippen molar-refractivity contribution < 1.29 is 9.90 Å². The number of carboxylic acid groups (broad SMARTS) is 1. The molecule has 0 bridgehead atoms. The molecule has 1 atom stereocenters. The molecule has 0 saturated carbocycles. The highest BCUT2D eigenvalue weighted by atomic mass is 16.4. The normalized spacial score (nSPS) is 12.4. The third-order valence-corrected chi connectivity index (χ3v) is 2.28. The molecule has 0 saturated heterocycles. The Morgan fingerprint density at radius 1 is 1.36 bits per heavy atom. The van der Waals surface area contributed by atoms with Crippen LogP contribution in [0.25, 0.3) is 0 Å². The first-order valence-corrected chi connectivity index (χ1v) is 4.94. The van der Waals surface area contributed by atoms with Gasteiger partial charge in [-0.2, -0.15) is 0 Å². The lowest BCUT2D eigenvalue weighted by molar-refractivity contribution is -0.137. The first kappa shape index (κ1) is 10.8. The fourth-order valence-corrected chi connectivity index (χ4v) is 1.49. The zero-order valence-corrected chi connectivity index (χ0v) is 8.44. The summed E-state index contributed by atoms with van der Waals surface area (Å²) >= 11 is 0. The molecule has 0 unspecified atom stereocenters. The highest BCUT2D eigenvalue weighted by Crippen LogP contribution is 2.13. The molecule has 0 heterocycles. The van der Waals surface area contributed by atoms with Gasteiger partial charge in [-0.05, 0) is 24.3 Å². The Balaban J connectivity index is 2.34. The average Bonchev–Trinajstić information content (AvgIpc) is 2.16. The predicted molar refractivity (Wildman–Crippen MR) is 56.2 cm³/mol. The van der Waals surface area contributed by atoms with E-state index < -0.39 is 5.97 Å². The van der Waals surface area contributed by atoms with E-state index in [4.69, 9.17) is 5.11 Å². The standard InChI is InChI=1S/C12H16O2/c1-10(7-8-12(13)14)9-11-5-3-2-4-6-11/h2-6,10H,7-9H2,1H3,(H,13,14)/t10-/m1/s1. The van der Waals surface area contributed by atoms with Gasteiger partial charge in [0.1, 0.15) is 0 Å². The molecule has 14 heavy (non-hydrogen) atoms. The van der Waals surface area contributed by atoms with Crippen LogP contribution < -0.4 is 0 Å². The first-order valence-electron chi connectivity index (χ1n) is 4.94. The van der Waals surface area contributed by atoms with Crippen LogP contribution in [0.1, 0.15) is 25.3 Å². The summed E-state index contributed by atoms with van der Waals surface area (Å²) in [4.78, 5) is 10.4. The van der Waals surface area contributed by atoms with E-state index >= 15 is 0 Å². The van der Waals surface area contributed by atoms with Gasteiger partial charge >= 0.3 is 5.97 Å². The number of carbonyl (C=O) groups is 1. The van der Waals surface area contributed by atoms with E-state index in [9.17, 15) is 4.79 Å². The molecule has 76 valence electrons. The van der Waals surface area contributed by atoms with Crippen LogP contribution in [-0.4, -0.2) is 11.1 Å². The molecule has 1 aromatic rings. The molecule has 0 aliphatic heterocycles. The monoisotopic (exact) mass is 192 g/mol. The average molecular weight is 192 g/mol. The number of benzene rings is 1. The van der Waals surface area contributed by atoms with E-state index in [0.717, 1.165) is 12.8 Å². The van der Waals surface area contributed by atoms with Crippen LogP contribution in [0.5, 0.6) is 0 Å². The molecule has 0 aliphatic carbocycles. The fraction of sp³-hybridized carbons (Fsp3) is 0.417. The van der Waals surface area contributed by atoms with Crippen LogP contribution in [0.4, 0.5) is 0 Å².